The molecule has 3 heteroatoms. The molecule has 0 aliphatic heterocycles. The fourth-order valence-corrected chi connectivity index (χ4v) is 1.03. The molecule has 50 valence electrons. The molecule has 0 aliphatic carbocycles. The summed E-state index contributed by atoms with van der Waals surface area (Å²) in [6.45, 7) is 2.08. The molecule has 2 nitrogen and oxygen atoms in total. The number of hydrogen-bond acceptors (Lipinski definition) is 3. The zero-order chi connectivity index (χ0) is 6.57. The first kappa shape index (κ1) is 8.27. The van der Waals surface area contributed by atoms with E-state index in [9.17, 15) is 0 Å². The van der Waals surface area contributed by atoms with Crippen LogP contribution in [0.1, 0.15) is 6.92 Å². The van der Waals surface area contributed by atoms with E-state index in [-0.39, 0.29) is 17.9 Å². The Balaban J connectivity index is 3.35. The van der Waals surface area contributed by atoms with Crippen molar-refractivity contribution in [1.29, 1.82) is 0 Å². The van der Waals surface area contributed by atoms with Crippen LogP contribution in [-0.4, -0.2) is 29.3 Å². The van der Waals surface area contributed by atoms with Gasteiger partial charge in [0.25, 0.3) is 0 Å². The highest BCUT2D eigenvalue weighted by Crippen LogP contribution is 2.07. The molecule has 0 aromatic carbocycles. The van der Waals surface area contributed by atoms with Gasteiger partial charge in [0.15, 0.2) is 0 Å². The van der Waals surface area contributed by atoms with E-state index in [0.717, 1.165) is 0 Å². The standard InChI is InChI=1S/C5H13NOS/c1-4(6)5(3-7)8-2/h4-5,7H,3,6H2,1-2H3/t4-,5-/m0/s1. The molecule has 0 rings (SSSR count). The maximum atomic E-state index is 8.60. The van der Waals surface area contributed by atoms with Gasteiger partial charge in [-0.1, -0.05) is 0 Å². The number of aliphatic hydroxyl groups excluding tert-OH is 1. The largest absolute Gasteiger partial charge is 0.395 e. The van der Waals surface area contributed by atoms with E-state index >= 15 is 0 Å². The summed E-state index contributed by atoms with van der Waals surface area (Å²) < 4.78 is 0. The molecule has 0 spiro atoms. The Kier molecular flexibility index (Phi) is 4.32. The van der Waals surface area contributed by atoms with E-state index in [4.69, 9.17) is 10.8 Å². The summed E-state index contributed by atoms with van der Waals surface area (Å²) >= 11 is 1.60. The van der Waals surface area contributed by atoms with E-state index in [0.29, 0.717) is 0 Å². The van der Waals surface area contributed by atoms with Crippen LogP contribution in [0.15, 0.2) is 0 Å². The van der Waals surface area contributed by atoms with Crippen molar-refractivity contribution in [3.8, 4) is 0 Å². The second kappa shape index (κ2) is 4.18. The SMILES string of the molecule is CS[C@@H](CO)[C@H](C)N. The molecule has 0 saturated heterocycles. The molecular weight excluding hydrogens is 122 g/mol. The van der Waals surface area contributed by atoms with Crippen LogP contribution in [0.2, 0.25) is 0 Å². The third kappa shape index (κ3) is 2.55. The Morgan fingerprint density at radius 1 is 1.75 bits per heavy atom. The minimum absolute atomic E-state index is 0.0926. The smallest absolute Gasteiger partial charge is 0.0564 e. The average molecular weight is 135 g/mol. The minimum Gasteiger partial charge on any atom is -0.395 e. The van der Waals surface area contributed by atoms with Gasteiger partial charge in [0.05, 0.1) is 6.61 Å². The van der Waals surface area contributed by atoms with Gasteiger partial charge in [-0.3, -0.25) is 0 Å². The summed E-state index contributed by atoms with van der Waals surface area (Å²) in [5.41, 5.74) is 5.48. The van der Waals surface area contributed by atoms with E-state index in [2.05, 4.69) is 0 Å². The maximum Gasteiger partial charge on any atom is 0.0564 e. The summed E-state index contributed by atoms with van der Waals surface area (Å²) in [6.07, 6.45) is 1.95. The molecule has 0 aliphatic rings. The number of thioether (sulfide) groups is 1. The molecule has 3 N–H and O–H groups in total. The van der Waals surface area contributed by atoms with Crippen molar-refractivity contribution in [3.05, 3.63) is 0 Å². The van der Waals surface area contributed by atoms with Crippen LogP contribution >= 0.6 is 11.8 Å². The molecule has 0 aromatic rings. The average Bonchev–Trinajstić information content (AvgIpc) is 1.69. The van der Waals surface area contributed by atoms with Gasteiger partial charge >= 0.3 is 0 Å². The maximum absolute atomic E-state index is 8.60. The second-order valence-electron chi connectivity index (χ2n) is 1.82. The van der Waals surface area contributed by atoms with Gasteiger partial charge in [0, 0.05) is 11.3 Å². The van der Waals surface area contributed by atoms with Crippen molar-refractivity contribution >= 4 is 11.8 Å². The first-order valence-electron chi connectivity index (χ1n) is 2.61. The van der Waals surface area contributed by atoms with Crippen LogP contribution in [0, 0.1) is 0 Å². The molecular formula is C5H13NOS. The summed E-state index contributed by atoms with van der Waals surface area (Å²) in [6, 6.07) is 0.0926. The first-order chi connectivity index (χ1) is 3.72. The van der Waals surface area contributed by atoms with Crippen molar-refractivity contribution in [2.75, 3.05) is 12.9 Å². The Hall–Kier alpha value is 0.270. The summed E-state index contributed by atoms with van der Waals surface area (Å²) in [4.78, 5) is 0. The summed E-state index contributed by atoms with van der Waals surface area (Å²) in [7, 11) is 0. The number of nitrogens with two attached hydrogens (primary N) is 1. The molecule has 0 heterocycles. The van der Waals surface area contributed by atoms with Crippen molar-refractivity contribution in [1.82, 2.24) is 0 Å². The minimum atomic E-state index is 0.0926. The van der Waals surface area contributed by atoms with Gasteiger partial charge in [0.1, 0.15) is 0 Å². The number of hydrogen-bond donors (Lipinski definition) is 2. The van der Waals surface area contributed by atoms with Crippen molar-refractivity contribution in [2.24, 2.45) is 5.73 Å². The zero-order valence-electron chi connectivity index (χ0n) is 5.29. The van der Waals surface area contributed by atoms with Gasteiger partial charge in [-0.2, -0.15) is 11.8 Å². The van der Waals surface area contributed by atoms with Crippen LogP contribution in [0.4, 0.5) is 0 Å². The molecule has 0 fully saturated rings. The fourth-order valence-electron chi connectivity index (χ4n) is 0.455. The van der Waals surface area contributed by atoms with E-state index in [1.807, 2.05) is 13.2 Å². The second-order valence-corrected chi connectivity index (χ2v) is 2.89. The molecule has 0 bridgehead atoms. The third-order valence-corrected chi connectivity index (χ3v) is 2.25. The van der Waals surface area contributed by atoms with Crippen molar-refractivity contribution in [2.45, 2.75) is 18.2 Å². The van der Waals surface area contributed by atoms with Gasteiger partial charge in [-0.25, -0.2) is 0 Å². The lowest BCUT2D eigenvalue weighted by molar-refractivity contribution is 0.285. The van der Waals surface area contributed by atoms with Gasteiger partial charge in [-0.15, -0.1) is 0 Å². The highest BCUT2D eigenvalue weighted by Gasteiger charge is 2.08. The van der Waals surface area contributed by atoms with E-state index in [1.165, 1.54) is 0 Å². The molecule has 0 radical (unpaired) electrons. The topological polar surface area (TPSA) is 46.2 Å². The molecule has 0 saturated carbocycles. The monoisotopic (exact) mass is 135 g/mol. The number of rotatable bonds is 3. The first-order valence-corrected chi connectivity index (χ1v) is 3.90. The lowest BCUT2D eigenvalue weighted by Crippen LogP contribution is -2.31. The molecule has 8 heavy (non-hydrogen) atoms. The predicted molar refractivity (Wildman–Crippen MR) is 38.0 cm³/mol. The molecule has 0 amide bonds. The Bertz CT molecular complexity index is 54.4. The van der Waals surface area contributed by atoms with Crippen LogP contribution < -0.4 is 5.73 Å². The Labute approximate surface area is 54.5 Å². The van der Waals surface area contributed by atoms with Gasteiger partial charge < -0.3 is 10.8 Å². The summed E-state index contributed by atoms with van der Waals surface area (Å²) in [5, 5.41) is 8.80. The molecule has 2 atom stereocenters. The Morgan fingerprint density at radius 3 is 2.25 bits per heavy atom. The predicted octanol–water partition coefficient (Wildman–Crippen LogP) is 0.0575. The van der Waals surface area contributed by atoms with Gasteiger partial charge in [-0.05, 0) is 13.2 Å². The lowest BCUT2D eigenvalue weighted by Gasteiger charge is -2.13. The third-order valence-electron chi connectivity index (χ3n) is 1.07. The molecule has 0 unspecified atom stereocenters. The number of aliphatic hydroxyl groups is 1. The normalized spacial score (nSPS) is 18.0. The Morgan fingerprint density at radius 2 is 2.25 bits per heavy atom. The summed E-state index contributed by atoms with van der Waals surface area (Å²) in [5.74, 6) is 0. The van der Waals surface area contributed by atoms with Crippen molar-refractivity contribution < 1.29 is 5.11 Å². The van der Waals surface area contributed by atoms with Crippen LogP contribution in [0.25, 0.3) is 0 Å². The lowest BCUT2D eigenvalue weighted by atomic mass is 10.3. The van der Waals surface area contributed by atoms with E-state index < -0.39 is 0 Å². The quantitative estimate of drug-likeness (QED) is 0.575. The fraction of sp³-hybridized carbons (Fsp3) is 1.00. The van der Waals surface area contributed by atoms with Crippen LogP contribution in [0.5, 0.6) is 0 Å². The molecule has 0 aromatic heterocycles. The highest BCUT2D eigenvalue weighted by molar-refractivity contribution is 7.99. The van der Waals surface area contributed by atoms with E-state index in [1.54, 1.807) is 11.8 Å². The van der Waals surface area contributed by atoms with Gasteiger partial charge in [0.2, 0.25) is 0 Å². The van der Waals surface area contributed by atoms with Crippen LogP contribution in [-0.2, 0) is 0 Å². The van der Waals surface area contributed by atoms with Crippen LogP contribution in [0.3, 0.4) is 0 Å². The van der Waals surface area contributed by atoms with Crippen molar-refractivity contribution in [3.63, 3.8) is 0 Å². The zero-order valence-corrected chi connectivity index (χ0v) is 6.11. The highest BCUT2D eigenvalue weighted by atomic mass is 32.2.